The number of hydrogen-bond donors (Lipinski definition) is 1. The van der Waals surface area contributed by atoms with Crippen LogP contribution < -0.4 is 10.1 Å². The molecule has 0 aliphatic rings. The lowest BCUT2D eigenvalue weighted by Gasteiger charge is -2.14. The Morgan fingerprint density at radius 1 is 1.00 bits per heavy atom. The summed E-state index contributed by atoms with van der Waals surface area (Å²) in [5.74, 6) is 1.82. The molecule has 2 rings (SSSR count). The highest BCUT2D eigenvalue weighted by Gasteiger charge is 2.06. The van der Waals surface area contributed by atoms with Crippen molar-refractivity contribution < 1.29 is 4.74 Å². The van der Waals surface area contributed by atoms with E-state index in [-0.39, 0.29) is 0 Å². The van der Waals surface area contributed by atoms with Crippen LogP contribution in [0.3, 0.4) is 0 Å². The van der Waals surface area contributed by atoms with Crippen LogP contribution in [0.2, 0.25) is 0 Å². The SMILES string of the molecule is CNC(C)c1ccc(Oc2cc(C)cc(C)c2C)cc1. The van der Waals surface area contributed by atoms with Gasteiger partial charge in [-0.3, -0.25) is 0 Å². The molecule has 0 saturated heterocycles. The Labute approximate surface area is 121 Å². The zero-order valence-electron chi connectivity index (χ0n) is 12.9. The number of nitrogens with one attached hydrogen (secondary N) is 1. The summed E-state index contributed by atoms with van der Waals surface area (Å²) >= 11 is 0. The maximum atomic E-state index is 6.02. The molecule has 1 N–H and O–H groups in total. The first-order valence-electron chi connectivity index (χ1n) is 7.04. The molecular formula is C18H23NO. The largest absolute Gasteiger partial charge is 0.457 e. The minimum Gasteiger partial charge on any atom is -0.457 e. The predicted molar refractivity (Wildman–Crippen MR) is 84.6 cm³/mol. The molecule has 0 radical (unpaired) electrons. The Balaban J connectivity index is 2.22. The van der Waals surface area contributed by atoms with Gasteiger partial charge in [-0.2, -0.15) is 0 Å². The third-order valence-corrected chi connectivity index (χ3v) is 3.80. The first-order valence-corrected chi connectivity index (χ1v) is 7.04. The number of hydrogen-bond acceptors (Lipinski definition) is 2. The molecule has 0 bridgehead atoms. The monoisotopic (exact) mass is 269 g/mol. The summed E-state index contributed by atoms with van der Waals surface area (Å²) in [7, 11) is 1.97. The lowest BCUT2D eigenvalue weighted by Crippen LogP contribution is -2.11. The van der Waals surface area contributed by atoms with E-state index in [2.05, 4.69) is 57.3 Å². The number of ether oxygens (including phenoxy) is 1. The summed E-state index contributed by atoms with van der Waals surface area (Å²) in [4.78, 5) is 0. The average Bonchev–Trinajstić information content (AvgIpc) is 2.44. The van der Waals surface area contributed by atoms with Gasteiger partial charge in [0.2, 0.25) is 0 Å². The normalized spacial score (nSPS) is 12.2. The third kappa shape index (κ3) is 3.20. The van der Waals surface area contributed by atoms with Gasteiger partial charge in [0, 0.05) is 6.04 Å². The highest BCUT2D eigenvalue weighted by atomic mass is 16.5. The van der Waals surface area contributed by atoms with E-state index in [0.717, 1.165) is 11.5 Å². The van der Waals surface area contributed by atoms with Crippen LogP contribution in [0.1, 0.15) is 35.2 Å². The van der Waals surface area contributed by atoms with Crippen molar-refractivity contribution in [2.45, 2.75) is 33.7 Å². The van der Waals surface area contributed by atoms with Gasteiger partial charge in [-0.05, 0) is 75.2 Å². The second kappa shape index (κ2) is 6.10. The van der Waals surface area contributed by atoms with Gasteiger partial charge in [0.15, 0.2) is 0 Å². The van der Waals surface area contributed by atoms with Gasteiger partial charge in [0.05, 0.1) is 0 Å². The van der Waals surface area contributed by atoms with E-state index in [9.17, 15) is 0 Å². The second-order valence-electron chi connectivity index (χ2n) is 5.39. The molecule has 0 spiro atoms. The minimum atomic E-state index is 0.354. The van der Waals surface area contributed by atoms with E-state index >= 15 is 0 Å². The molecule has 106 valence electrons. The zero-order valence-corrected chi connectivity index (χ0v) is 12.9. The van der Waals surface area contributed by atoms with Crippen molar-refractivity contribution in [1.29, 1.82) is 0 Å². The maximum absolute atomic E-state index is 6.02. The first-order chi connectivity index (χ1) is 9.51. The van der Waals surface area contributed by atoms with Crippen molar-refractivity contribution in [3.8, 4) is 11.5 Å². The van der Waals surface area contributed by atoms with Crippen LogP contribution >= 0.6 is 0 Å². The summed E-state index contributed by atoms with van der Waals surface area (Å²) in [6, 6.07) is 12.9. The van der Waals surface area contributed by atoms with E-state index in [4.69, 9.17) is 4.74 Å². The molecule has 0 aliphatic carbocycles. The fourth-order valence-electron chi connectivity index (χ4n) is 2.22. The summed E-state index contributed by atoms with van der Waals surface area (Å²) in [6.07, 6.45) is 0. The predicted octanol–water partition coefficient (Wildman–Crippen LogP) is 4.68. The molecule has 0 aromatic heterocycles. The van der Waals surface area contributed by atoms with Crippen LogP contribution in [0.25, 0.3) is 0 Å². The molecule has 2 heteroatoms. The lowest BCUT2D eigenvalue weighted by atomic mass is 10.1. The van der Waals surface area contributed by atoms with E-state index in [1.807, 2.05) is 19.2 Å². The minimum absolute atomic E-state index is 0.354. The molecule has 2 nitrogen and oxygen atoms in total. The van der Waals surface area contributed by atoms with Crippen LogP contribution in [0.15, 0.2) is 36.4 Å². The van der Waals surface area contributed by atoms with Gasteiger partial charge in [-0.15, -0.1) is 0 Å². The Hall–Kier alpha value is -1.80. The standard InChI is InChI=1S/C18H23NO/c1-12-10-13(2)14(3)18(11-12)20-17-8-6-16(7-9-17)15(4)19-5/h6-11,15,19H,1-5H3. The van der Waals surface area contributed by atoms with Crippen molar-refractivity contribution >= 4 is 0 Å². The number of rotatable bonds is 4. The average molecular weight is 269 g/mol. The molecule has 0 fully saturated rings. The maximum Gasteiger partial charge on any atom is 0.130 e. The van der Waals surface area contributed by atoms with Gasteiger partial charge in [-0.1, -0.05) is 18.2 Å². The molecule has 0 amide bonds. The summed E-state index contributed by atoms with van der Waals surface area (Å²) in [6.45, 7) is 8.45. The molecule has 20 heavy (non-hydrogen) atoms. The highest BCUT2D eigenvalue weighted by molar-refractivity contribution is 5.44. The molecule has 2 aromatic carbocycles. The zero-order chi connectivity index (χ0) is 14.7. The first kappa shape index (κ1) is 14.6. The van der Waals surface area contributed by atoms with Crippen molar-refractivity contribution in [2.24, 2.45) is 0 Å². The fourth-order valence-corrected chi connectivity index (χ4v) is 2.22. The van der Waals surface area contributed by atoms with Crippen LogP contribution in [0, 0.1) is 20.8 Å². The van der Waals surface area contributed by atoms with E-state index in [0.29, 0.717) is 6.04 Å². The second-order valence-corrected chi connectivity index (χ2v) is 5.39. The van der Waals surface area contributed by atoms with Gasteiger partial charge in [0.25, 0.3) is 0 Å². The van der Waals surface area contributed by atoms with Crippen molar-refractivity contribution in [3.63, 3.8) is 0 Å². The van der Waals surface area contributed by atoms with Crippen molar-refractivity contribution in [2.75, 3.05) is 7.05 Å². The summed E-state index contributed by atoms with van der Waals surface area (Å²) in [5, 5.41) is 3.23. The van der Waals surface area contributed by atoms with Gasteiger partial charge < -0.3 is 10.1 Å². The third-order valence-electron chi connectivity index (χ3n) is 3.80. The molecule has 2 aromatic rings. The molecule has 1 atom stereocenters. The van der Waals surface area contributed by atoms with Crippen molar-refractivity contribution in [3.05, 3.63) is 58.7 Å². The molecule has 0 heterocycles. The van der Waals surface area contributed by atoms with Gasteiger partial charge in [0.1, 0.15) is 11.5 Å². The smallest absolute Gasteiger partial charge is 0.130 e. The van der Waals surface area contributed by atoms with Crippen LogP contribution in [0.4, 0.5) is 0 Å². The summed E-state index contributed by atoms with van der Waals surface area (Å²) in [5.41, 5.74) is 4.95. The van der Waals surface area contributed by atoms with E-state index in [1.54, 1.807) is 0 Å². The molecule has 1 unspecified atom stereocenters. The number of benzene rings is 2. The number of aryl methyl sites for hydroxylation is 2. The van der Waals surface area contributed by atoms with Crippen molar-refractivity contribution in [1.82, 2.24) is 5.32 Å². The van der Waals surface area contributed by atoms with Crippen LogP contribution in [-0.2, 0) is 0 Å². The summed E-state index contributed by atoms with van der Waals surface area (Å²) < 4.78 is 6.02. The Morgan fingerprint density at radius 3 is 2.25 bits per heavy atom. The Morgan fingerprint density at radius 2 is 1.65 bits per heavy atom. The highest BCUT2D eigenvalue weighted by Crippen LogP contribution is 2.29. The molecule has 0 aliphatic heterocycles. The van der Waals surface area contributed by atoms with Crippen LogP contribution in [0.5, 0.6) is 11.5 Å². The Bertz CT molecular complexity index is 587. The fraction of sp³-hybridized carbons (Fsp3) is 0.333. The Kier molecular flexibility index (Phi) is 4.46. The topological polar surface area (TPSA) is 21.3 Å². The molecule has 0 saturated carbocycles. The lowest BCUT2D eigenvalue weighted by molar-refractivity contribution is 0.477. The van der Waals surface area contributed by atoms with Gasteiger partial charge >= 0.3 is 0 Å². The van der Waals surface area contributed by atoms with Crippen LogP contribution in [-0.4, -0.2) is 7.05 Å². The van der Waals surface area contributed by atoms with Gasteiger partial charge in [-0.25, -0.2) is 0 Å². The quantitative estimate of drug-likeness (QED) is 0.869. The van der Waals surface area contributed by atoms with E-state index < -0.39 is 0 Å². The van der Waals surface area contributed by atoms with E-state index in [1.165, 1.54) is 22.3 Å². The molecular weight excluding hydrogens is 246 g/mol.